The molecular weight excluding hydrogens is 527 g/mol. The van der Waals surface area contributed by atoms with Gasteiger partial charge in [-0.3, -0.25) is 0 Å². The largest absolute Gasteiger partial charge is 1.00 e. The van der Waals surface area contributed by atoms with Crippen molar-refractivity contribution in [2.24, 2.45) is 0 Å². The van der Waals surface area contributed by atoms with Crippen LogP contribution < -0.4 is 24.0 Å². The molecule has 3 heteroatoms. The zero-order valence-corrected chi connectivity index (χ0v) is 26.0. The zero-order valence-electron chi connectivity index (χ0n) is 23.9. The fraction of sp³-hybridized carbons (Fsp3) is 0.968. The van der Waals surface area contributed by atoms with Crippen molar-refractivity contribution in [3.63, 3.8) is 0 Å². The third-order valence-corrected chi connectivity index (χ3v) is 7.59. The summed E-state index contributed by atoms with van der Waals surface area (Å²) in [5.74, 6) is 0. The molecule has 0 heterocycles. The monoisotopic (exact) mass is 590 g/mol. The normalized spacial score (nSPS) is 11.4. The predicted molar refractivity (Wildman–Crippen MR) is 149 cm³/mol. The lowest BCUT2D eigenvalue weighted by Gasteiger charge is -2.35. The molecule has 0 atom stereocenters. The lowest BCUT2D eigenvalue weighted by Crippen LogP contribution is -3.00. The summed E-state index contributed by atoms with van der Waals surface area (Å²) in [5, 5.41) is 8.79. The number of halogens is 1. The Kier molecular flexibility index (Phi) is 31.4. The van der Waals surface area contributed by atoms with Crippen LogP contribution in [0, 0.1) is 11.3 Å². The molecule has 0 spiro atoms. The van der Waals surface area contributed by atoms with Gasteiger partial charge >= 0.3 is 0 Å². The quantitative estimate of drug-likeness (QED) is 0.0557. The molecule has 0 saturated heterocycles. The summed E-state index contributed by atoms with van der Waals surface area (Å²) in [6.07, 6.45) is 33.0. The lowest BCUT2D eigenvalue weighted by atomic mass is 10.0. The van der Waals surface area contributed by atoms with Crippen molar-refractivity contribution in [1.29, 1.82) is 5.26 Å². The Morgan fingerprint density at radius 2 is 0.706 bits per heavy atom. The maximum atomic E-state index is 8.79. The molecule has 0 saturated carbocycles. The SMILES string of the molecule is CCCCCCCCCCCC[N+](C)(CCCCCC#N)CCCCCCCCCCCC.[I-]. The second-order valence-corrected chi connectivity index (χ2v) is 11.1. The molecule has 0 N–H and O–H groups in total. The van der Waals surface area contributed by atoms with Gasteiger partial charge in [0.25, 0.3) is 0 Å². The Morgan fingerprint density at radius 1 is 0.441 bits per heavy atom. The molecule has 0 unspecified atom stereocenters. The molecule has 0 amide bonds. The molecule has 0 radical (unpaired) electrons. The van der Waals surface area contributed by atoms with E-state index in [4.69, 9.17) is 5.26 Å². The molecule has 0 bridgehead atoms. The van der Waals surface area contributed by atoms with Crippen LogP contribution in [0.1, 0.15) is 168 Å². The van der Waals surface area contributed by atoms with Crippen LogP contribution in [-0.2, 0) is 0 Å². The number of rotatable bonds is 27. The summed E-state index contributed by atoms with van der Waals surface area (Å²) in [7, 11) is 2.52. The number of unbranched alkanes of at least 4 members (excludes halogenated alkanes) is 21. The highest BCUT2D eigenvalue weighted by Gasteiger charge is 2.20. The van der Waals surface area contributed by atoms with Crippen LogP contribution in [0.5, 0.6) is 0 Å². The maximum Gasteiger partial charge on any atom is 0.0784 e. The van der Waals surface area contributed by atoms with Gasteiger partial charge in [0.1, 0.15) is 0 Å². The van der Waals surface area contributed by atoms with E-state index in [2.05, 4.69) is 27.0 Å². The Bertz CT molecular complexity index is 394. The summed E-state index contributed by atoms with van der Waals surface area (Å²) < 4.78 is 1.28. The van der Waals surface area contributed by atoms with Crippen molar-refractivity contribution in [3.8, 4) is 6.07 Å². The van der Waals surface area contributed by atoms with E-state index in [-0.39, 0.29) is 24.0 Å². The Morgan fingerprint density at radius 3 is 1.00 bits per heavy atom. The van der Waals surface area contributed by atoms with Gasteiger partial charge in [-0.1, -0.05) is 117 Å². The van der Waals surface area contributed by atoms with E-state index in [0.717, 1.165) is 12.8 Å². The molecule has 2 nitrogen and oxygen atoms in total. The van der Waals surface area contributed by atoms with Crippen LogP contribution in [0.15, 0.2) is 0 Å². The van der Waals surface area contributed by atoms with E-state index < -0.39 is 0 Å². The number of hydrogen-bond acceptors (Lipinski definition) is 1. The Labute approximate surface area is 233 Å². The van der Waals surface area contributed by atoms with E-state index >= 15 is 0 Å². The minimum absolute atomic E-state index is 0. The first-order valence-electron chi connectivity index (χ1n) is 15.4. The molecule has 34 heavy (non-hydrogen) atoms. The molecular formula is C31H63IN2. The van der Waals surface area contributed by atoms with Crippen LogP contribution in [0.25, 0.3) is 0 Å². The fourth-order valence-corrected chi connectivity index (χ4v) is 5.17. The highest BCUT2D eigenvalue weighted by atomic mass is 127. The van der Waals surface area contributed by atoms with Gasteiger partial charge in [0.2, 0.25) is 0 Å². The first-order chi connectivity index (χ1) is 16.2. The van der Waals surface area contributed by atoms with Gasteiger partial charge in [-0.05, 0) is 44.9 Å². The number of nitrogens with zero attached hydrogens (tertiary/aromatic N) is 2. The number of hydrogen-bond donors (Lipinski definition) is 0. The van der Waals surface area contributed by atoms with E-state index in [1.165, 1.54) is 165 Å². The first-order valence-corrected chi connectivity index (χ1v) is 15.4. The zero-order chi connectivity index (χ0) is 24.3. The van der Waals surface area contributed by atoms with E-state index in [0.29, 0.717) is 0 Å². The molecule has 0 fully saturated rings. The van der Waals surface area contributed by atoms with Crippen LogP contribution in [0.3, 0.4) is 0 Å². The predicted octanol–water partition coefficient (Wildman–Crippen LogP) is 7.36. The minimum atomic E-state index is 0. The van der Waals surface area contributed by atoms with Crippen LogP contribution in [0.4, 0.5) is 0 Å². The van der Waals surface area contributed by atoms with Crippen molar-refractivity contribution in [2.75, 3.05) is 26.7 Å². The second kappa shape index (κ2) is 29.4. The third kappa shape index (κ3) is 26.8. The third-order valence-electron chi connectivity index (χ3n) is 7.59. The Balaban J connectivity index is 0. The molecule has 0 aromatic carbocycles. The standard InChI is InChI=1S/C31H63N2.HI/c1-4-6-8-10-12-14-16-18-21-25-29-33(3,31-27-23-20-24-28-32)30-26-22-19-17-15-13-11-9-7-5-2;/h4-27,29-31H2,1-3H3;1H/q+1;/p-1. The smallest absolute Gasteiger partial charge is 0.0784 e. The summed E-state index contributed by atoms with van der Waals surface area (Å²) in [4.78, 5) is 0. The summed E-state index contributed by atoms with van der Waals surface area (Å²) in [6, 6.07) is 2.31. The first kappa shape index (κ1) is 36.3. The van der Waals surface area contributed by atoms with Gasteiger partial charge in [-0.2, -0.15) is 5.26 Å². The highest BCUT2D eigenvalue weighted by Crippen LogP contribution is 2.17. The van der Waals surface area contributed by atoms with Gasteiger partial charge in [-0.25, -0.2) is 0 Å². The van der Waals surface area contributed by atoms with Crippen molar-refractivity contribution in [3.05, 3.63) is 0 Å². The minimum Gasteiger partial charge on any atom is -1.00 e. The second-order valence-electron chi connectivity index (χ2n) is 11.1. The molecule has 0 aromatic rings. The summed E-state index contributed by atoms with van der Waals surface area (Å²) in [6.45, 7) is 8.66. The van der Waals surface area contributed by atoms with Crippen molar-refractivity contribution in [2.45, 2.75) is 168 Å². The molecule has 0 aromatic heterocycles. The summed E-state index contributed by atoms with van der Waals surface area (Å²) >= 11 is 0. The van der Waals surface area contributed by atoms with Crippen LogP contribution >= 0.6 is 0 Å². The average molecular weight is 591 g/mol. The van der Waals surface area contributed by atoms with E-state index in [1.54, 1.807) is 0 Å². The molecule has 0 aliphatic carbocycles. The van der Waals surface area contributed by atoms with E-state index in [1.807, 2.05) is 0 Å². The Hall–Kier alpha value is 0.180. The topological polar surface area (TPSA) is 23.8 Å². The average Bonchev–Trinajstić information content (AvgIpc) is 2.81. The van der Waals surface area contributed by atoms with Crippen LogP contribution in [0.2, 0.25) is 0 Å². The fourth-order valence-electron chi connectivity index (χ4n) is 5.17. The molecule has 0 aliphatic heterocycles. The van der Waals surface area contributed by atoms with Gasteiger partial charge in [0.05, 0.1) is 32.8 Å². The summed E-state index contributed by atoms with van der Waals surface area (Å²) in [5.41, 5.74) is 0. The molecule has 0 rings (SSSR count). The maximum absolute atomic E-state index is 8.79. The highest BCUT2D eigenvalue weighted by molar-refractivity contribution is 4.67. The van der Waals surface area contributed by atoms with E-state index in [9.17, 15) is 0 Å². The van der Waals surface area contributed by atoms with Crippen LogP contribution in [-0.4, -0.2) is 31.2 Å². The molecule has 204 valence electrons. The lowest BCUT2D eigenvalue weighted by molar-refractivity contribution is -0.910. The number of quaternary nitrogens is 1. The van der Waals surface area contributed by atoms with Gasteiger partial charge in [0, 0.05) is 6.42 Å². The van der Waals surface area contributed by atoms with Gasteiger partial charge in [0.15, 0.2) is 0 Å². The van der Waals surface area contributed by atoms with Crippen molar-refractivity contribution >= 4 is 0 Å². The van der Waals surface area contributed by atoms with Gasteiger partial charge < -0.3 is 28.5 Å². The molecule has 0 aliphatic rings. The van der Waals surface area contributed by atoms with Gasteiger partial charge in [-0.15, -0.1) is 0 Å². The number of nitriles is 1. The van der Waals surface area contributed by atoms with Crippen molar-refractivity contribution in [1.82, 2.24) is 0 Å². The van der Waals surface area contributed by atoms with Crippen molar-refractivity contribution < 1.29 is 28.5 Å².